The van der Waals surface area contributed by atoms with Crippen LogP contribution >= 0.6 is 0 Å². The number of halogens is 1. The van der Waals surface area contributed by atoms with Gasteiger partial charge in [0.25, 0.3) is 5.69 Å². The van der Waals surface area contributed by atoms with Gasteiger partial charge in [-0.15, -0.1) is 0 Å². The Morgan fingerprint density at radius 3 is 2.75 bits per heavy atom. The highest BCUT2D eigenvalue weighted by molar-refractivity contribution is 5.36. The van der Waals surface area contributed by atoms with Crippen LogP contribution in [0.1, 0.15) is 5.56 Å². The zero-order valence-corrected chi connectivity index (χ0v) is 8.44. The molecule has 0 radical (unpaired) electrons. The van der Waals surface area contributed by atoms with Crippen molar-refractivity contribution < 1.29 is 14.4 Å². The first-order valence-corrected chi connectivity index (χ1v) is 4.86. The molecule has 2 N–H and O–H groups in total. The Bertz CT molecular complexity index is 432. The lowest BCUT2D eigenvalue weighted by Crippen LogP contribution is -2.60. The van der Waals surface area contributed by atoms with E-state index in [1.165, 1.54) is 6.07 Å². The molecule has 0 saturated carbocycles. The van der Waals surface area contributed by atoms with Crippen molar-refractivity contribution in [2.24, 2.45) is 0 Å². The lowest BCUT2D eigenvalue weighted by Gasteiger charge is -2.37. The van der Waals surface area contributed by atoms with Gasteiger partial charge < -0.3 is 10.4 Å². The van der Waals surface area contributed by atoms with E-state index in [1.54, 1.807) is 0 Å². The zero-order valence-electron chi connectivity index (χ0n) is 8.44. The van der Waals surface area contributed by atoms with E-state index in [0.717, 1.165) is 12.1 Å². The first-order chi connectivity index (χ1) is 7.50. The van der Waals surface area contributed by atoms with Gasteiger partial charge in [-0.05, 0) is 11.6 Å². The van der Waals surface area contributed by atoms with Gasteiger partial charge in [-0.1, -0.05) is 0 Å². The summed E-state index contributed by atoms with van der Waals surface area (Å²) >= 11 is 0. The Kier molecular flexibility index (Phi) is 2.61. The number of hydrogen-bond acceptors (Lipinski definition) is 4. The molecular formula is C10H11FN2O3. The van der Waals surface area contributed by atoms with E-state index in [4.69, 9.17) is 0 Å². The van der Waals surface area contributed by atoms with E-state index in [0.29, 0.717) is 13.1 Å². The van der Waals surface area contributed by atoms with Crippen molar-refractivity contribution in [1.82, 2.24) is 5.32 Å². The van der Waals surface area contributed by atoms with Crippen molar-refractivity contribution in [3.05, 3.63) is 39.7 Å². The molecule has 0 spiro atoms. The molecule has 1 aliphatic rings. The van der Waals surface area contributed by atoms with Crippen LogP contribution in [0.5, 0.6) is 0 Å². The van der Waals surface area contributed by atoms with Gasteiger partial charge in [-0.25, -0.2) is 4.39 Å². The largest absolute Gasteiger partial charge is 0.387 e. The third-order valence-corrected chi connectivity index (χ3v) is 2.67. The maximum Gasteiger partial charge on any atom is 0.269 e. The van der Waals surface area contributed by atoms with Crippen molar-refractivity contribution in [2.45, 2.75) is 12.0 Å². The fourth-order valence-electron chi connectivity index (χ4n) is 1.70. The Morgan fingerprint density at radius 2 is 2.25 bits per heavy atom. The number of aliphatic hydroxyl groups is 1. The van der Waals surface area contributed by atoms with Gasteiger partial charge in [0.05, 0.1) is 10.5 Å². The molecule has 86 valence electrons. The molecule has 1 heterocycles. The molecule has 0 amide bonds. The first kappa shape index (κ1) is 11.0. The van der Waals surface area contributed by atoms with E-state index in [9.17, 15) is 19.6 Å². The molecule has 2 rings (SSSR count). The number of β-amino-alcohol motifs (C(OH)–C–C–N with tert-alkyl or cyclic N) is 1. The number of nitro groups is 1. The molecule has 1 fully saturated rings. The zero-order chi connectivity index (χ0) is 11.8. The fourth-order valence-corrected chi connectivity index (χ4v) is 1.70. The molecule has 1 aromatic carbocycles. The third-order valence-electron chi connectivity index (χ3n) is 2.67. The van der Waals surface area contributed by atoms with Gasteiger partial charge in [0.1, 0.15) is 5.82 Å². The van der Waals surface area contributed by atoms with Crippen LogP contribution < -0.4 is 5.32 Å². The lowest BCUT2D eigenvalue weighted by molar-refractivity contribution is -0.385. The average molecular weight is 226 g/mol. The molecule has 6 heteroatoms. The van der Waals surface area contributed by atoms with Crippen LogP contribution in [0.2, 0.25) is 0 Å². The molecule has 0 aromatic heterocycles. The highest BCUT2D eigenvalue weighted by atomic mass is 19.1. The summed E-state index contributed by atoms with van der Waals surface area (Å²) in [7, 11) is 0. The highest BCUT2D eigenvalue weighted by Crippen LogP contribution is 2.23. The summed E-state index contributed by atoms with van der Waals surface area (Å²) in [5.41, 5.74) is -0.957. The van der Waals surface area contributed by atoms with Gasteiger partial charge in [0, 0.05) is 31.6 Å². The Balaban J connectivity index is 2.25. The van der Waals surface area contributed by atoms with Crippen LogP contribution in [0, 0.1) is 15.9 Å². The van der Waals surface area contributed by atoms with E-state index in [1.807, 2.05) is 0 Å². The van der Waals surface area contributed by atoms with Gasteiger partial charge >= 0.3 is 0 Å². The number of nitrogens with zero attached hydrogens (tertiary/aromatic N) is 1. The van der Waals surface area contributed by atoms with E-state index >= 15 is 0 Å². The SMILES string of the molecule is O=[N+]([O-])c1ccc(F)c(CC2(O)CNC2)c1. The van der Waals surface area contributed by atoms with Crippen molar-refractivity contribution in [1.29, 1.82) is 0 Å². The topological polar surface area (TPSA) is 75.4 Å². The molecule has 1 aliphatic heterocycles. The van der Waals surface area contributed by atoms with Crippen LogP contribution in [-0.2, 0) is 6.42 Å². The van der Waals surface area contributed by atoms with Crippen molar-refractivity contribution in [3.63, 3.8) is 0 Å². The fraction of sp³-hybridized carbons (Fsp3) is 0.400. The summed E-state index contributed by atoms with van der Waals surface area (Å²) in [4.78, 5) is 9.94. The molecule has 16 heavy (non-hydrogen) atoms. The van der Waals surface area contributed by atoms with Gasteiger partial charge in [0.2, 0.25) is 0 Å². The minimum atomic E-state index is -0.976. The van der Waals surface area contributed by atoms with E-state index in [-0.39, 0.29) is 17.7 Å². The normalized spacial score (nSPS) is 17.9. The summed E-state index contributed by atoms with van der Waals surface area (Å²) in [5.74, 6) is -0.522. The second kappa shape index (κ2) is 3.80. The lowest BCUT2D eigenvalue weighted by atomic mass is 9.89. The minimum Gasteiger partial charge on any atom is -0.387 e. The molecular weight excluding hydrogens is 215 g/mol. The molecule has 0 bridgehead atoms. The molecule has 0 aliphatic carbocycles. The minimum absolute atomic E-state index is 0.0908. The molecule has 5 nitrogen and oxygen atoms in total. The van der Waals surface area contributed by atoms with Gasteiger partial charge in [0.15, 0.2) is 0 Å². The average Bonchev–Trinajstić information content (AvgIpc) is 2.18. The van der Waals surface area contributed by atoms with Crippen LogP contribution in [-0.4, -0.2) is 28.7 Å². The van der Waals surface area contributed by atoms with E-state index in [2.05, 4.69) is 5.32 Å². The van der Waals surface area contributed by atoms with Crippen LogP contribution in [0.25, 0.3) is 0 Å². The number of benzene rings is 1. The summed E-state index contributed by atoms with van der Waals surface area (Å²) in [6, 6.07) is 3.34. The van der Waals surface area contributed by atoms with Crippen molar-refractivity contribution in [3.8, 4) is 0 Å². The predicted octanol–water partition coefficient (Wildman–Crippen LogP) is 0.611. The van der Waals surface area contributed by atoms with Crippen molar-refractivity contribution >= 4 is 5.69 Å². The Labute approximate surface area is 91.0 Å². The summed E-state index contributed by atoms with van der Waals surface area (Å²) in [6.07, 6.45) is 0.0908. The molecule has 0 atom stereocenters. The van der Waals surface area contributed by atoms with E-state index < -0.39 is 16.3 Å². The first-order valence-electron chi connectivity index (χ1n) is 4.86. The smallest absolute Gasteiger partial charge is 0.269 e. The maximum absolute atomic E-state index is 13.4. The second-order valence-electron chi connectivity index (χ2n) is 4.04. The number of non-ortho nitro benzene ring substituents is 1. The predicted molar refractivity (Wildman–Crippen MR) is 54.6 cm³/mol. The van der Waals surface area contributed by atoms with Crippen LogP contribution in [0.4, 0.5) is 10.1 Å². The summed E-state index contributed by atoms with van der Waals surface area (Å²) in [6.45, 7) is 0.768. The highest BCUT2D eigenvalue weighted by Gasteiger charge is 2.35. The maximum atomic E-state index is 13.4. The second-order valence-corrected chi connectivity index (χ2v) is 4.04. The Morgan fingerprint density at radius 1 is 1.56 bits per heavy atom. The standard InChI is InChI=1S/C10H11FN2O3/c11-9-2-1-8(13(15)16)3-7(9)4-10(14)5-12-6-10/h1-3,12,14H,4-6H2. The molecule has 1 aromatic rings. The summed E-state index contributed by atoms with van der Waals surface area (Å²) < 4.78 is 13.4. The quantitative estimate of drug-likeness (QED) is 0.585. The third kappa shape index (κ3) is 2.02. The Hall–Kier alpha value is -1.53. The van der Waals surface area contributed by atoms with Gasteiger partial charge in [-0.2, -0.15) is 0 Å². The van der Waals surface area contributed by atoms with Crippen LogP contribution in [0.3, 0.4) is 0 Å². The molecule has 1 saturated heterocycles. The number of rotatable bonds is 3. The number of nitro benzene ring substituents is 1. The van der Waals surface area contributed by atoms with Crippen LogP contribution in [0.15, 0.2) is 18.2 Å². The summed E-state index contributed by atoms with van der Waals surface area (Å²) in [5, 5.41) is 23.2. The number of nitrogens with one attached hydrogen (secondary N) is 1. The molecule has 0 unspecified atom stereocenters. The van der Waals surface area contributed by atoms with Gasteiger partial charge in [-0.3, -0.25) is 10.1 Å². The monoisotopic (exact) mass is 226 g/mol. The number of hydrogen-bond donors (Lipinski definition) is 2. The van der Waals surface area contributed by atoms with Crippen molar-refractivity contribution in [2.75, 3.05) is 13.1 Å².